The zero-order valence-electron chi connectivity index (χ0n) is 14.8. The molecule has 2 aromatic rings. The first-order chi connectivity index (χ1) is 12.9. The Balaban J connectivity index is 1.59. The number of nitrogens with one attached hydrogen (secondary N) is 1. The number of hydrogen-bond acceptors (Lipinski definition) is 5. The number of hydrogen-bond donors (Lipinski definition) is 1. The van der Waals surface area contributed by atoms with Gasteiger partial charge < -0.3 is 15.0 Å². The molecule has 8 heteroatoms. The minimum atomic E-state index is -0.468. The van der Waals surface area contributed by atoms with Gasteiger partial charge in [0.2, 0.25) is 5.91 Å². The second kappa shape index (κ2) is 7.86. The molecular weight excluding hydrogens is 350 g/mol. The van der Waals surface area contributed by atoms with Crippen LogP contribution in [0.25, 0.3) is 0 Å². The molecule has 0 unspecified atom stereocenters. The number of benzene rings is 2. The van der Waals surface area contributed by atoms with E-state index < -0.39 is 4.92 Å². The highest BCUT2D eigenvalue weighted by atomic mass is 16.6. The summed E-state index contributed by atoms with van der Waals surface area (Å²) < 4.78 is 5.40. The molecule has 0 spiro atoms. The van der Waals surface area contributed by atoms with E-state index in [1.54, 1.807) is 30.0 Å². The van der Waals surface area contributed by atoms with Gasteiger partial charge in [-0.25, -0.2) is 0 Å². The number of carbonyl (C=O) groups excluding carboxylic acids is 2. The lowest BCUT2D eigenvalue weighted by atomic mass is 10.2. The van der Waals surface area contributed by atoms with E-state index in [4.69, 9.17) is 4.74 Å². The van der Waals surface area contributed by atoms with Gasteiger partial charge in [-0.3, -0.25) is 19.7 Å². The highest BCUT2D eigenvalue weighted by Gasteiger charge is 2.21. The first kappa shape index (κ1) is 18.4. The van der Waals surface area contributed by atoms with Crippen molar-refractivity contribution in [3.8, 4) is 5.75 Å². The van der Waals surface area contributed by atoms with Gasteiger partial charge in [0, 0.05) is 36.0 Å². The molecule has 1 fully saturated rings. The molecular formula is C19H19N3O5. The molecule has 27 heavy (non-hydrogen) atoms. The molecule has 0 bridgehead atoms. The van der Waals surface area contributed by atoms with Crippen molar-refractivity contribution in [2.45, 2.75) is 19.8 Å². The summed E-state index contributed by atoms with van der Waals surface area (Å²) in [6.07, 6.45) is 1.37. The third-order valence-electron chi connectivity index (χ3n) is 4.25. The van der Waals surface area contributed by atoms with Gasteiger partial charge in [0.25, 0.3) is 11.6 Å². The molecule has 1 N–H and O–H groups in total. The number of nitro groups is 1. The summed E-state index contributed by atoms with van der Waals surface area (Å²) in [5, 5.41) is 13.5. The maximum absolute atomic E-state index is 12.1. The first-order valence-corrected chi connectivity index (χ1v) is 8.52. The maximum Gasteiger partial charge on any atom is 0.272 e. The van der Waals surface area contributed by atoms with Crippen molar-refractivity contribution in [1.82, 2.24) is 0 Å². The van der Waals surface area contributed by atoms with Gasteiger partial charge in [-0.1, -0.05) is 6.07 Å². The third kappa shape index (κ3) is 4.41. The van der Waals surface area contributed by atoms with Gasteiger partial charge in [0.05, 0.1) is 4.92 Å². The van der Waals surface area contributed by atoms with Crippen LogP contribution in [0.1, 0.15) is 18.4 Å². The molecule has 1 heterocycles. The average Bonchev–Trinajstić information content (AvgIpc) is 3.06. The largest absolute Gasteiger partial charge is 0.484 e. The topological polar surface area (TPSA) is 102 Å². The van der Waals surface area contributed by atoms with Crippen LogP contribution in [0.3, 0.4) is 0 Å². The van der Waals surface area contributed by atoms with E-state index in [1.807, 2.05) is 6.07 Å². The van der Waals surface area contributed by atoms with Crippen molar-refractivity contribution < 1.29 is 19.2 Å². The fraction of sp³-hybridized carbons (Fsp3) is 0.263. The predicted molar refractivity (Wildman–Crippen MR) is 100.0 cm³/mol. The predicted octanol–water partition coefficient (Wildman–Crippen LogP) is 3.05. The van der Waals surface area contributed by atoms with Gasteiger partial charge in [-0.15, -0.1) is 0 Å². The Kier molecular flexibility index (Phi) is 5.35. The third-order valence-corrected chi connectivity index (χ3v) is 4.25. The Labute approximate surface area is 155 Å². The zero-order chi connectivity index (χ0) is 19.4. The van der Waals surface area contributed by atoms with Gasteiger partial charge >= 0.3 is 0 Å². The van der Waals surface area contributed by atoms with E-state index in [9.17, 15) is 19.7 Å². The summed E-state index contributed by atoms with van der Waals surface area (Å²) in [6, 6.07) is 11.4. The Morgan fingerprint density at radius 2 is 2.11 bits per heavy atom. The smallest absolute Gasteiger partial charge is 0.272 e. The second-order valence-corrected chi connectivity index (χ2v) is 6.24. The number of anilines is 2. The summed E-state index contributed by atoms with van der Waals surface area (Å²) in [4.78, 5) is 36.0. The monoisotopic (exact) mass is 369 g/mol. The normalized spacial score (nSPS) is 13.5. The molecule has 1 aliphatic heterocycles. The van der Waals surface area contributed by atoms with E-state index in [0.29, 0.717) is 30.0 Å². The lowest BCUT2D eigenvalue weighted by Crippen LogP contribution is -2.24. The molecule has 0 radical (unpaired) electrons. The van der Waals surface area contributed by atoms with Crippen LogP contribution in [-0.2, 0) is 9.59 Å². The van der Waals surface area contributed by atoms with Crippen LogP contribution in [0.5, 0.6) is 5.75 Å². The van der Waals surface area contributed by atoms with Crippen molar-refractivity contribution in [3.05, 3.63) is 58.1 Å². The number of amides is 2. The van der Waals surface area contributed by atoms with Gasteiger partial charge in [-0.05, 0) is 43.7 Å². The number of nitrogens with zero attached hydrogens (tertiary/aromatic N) is 2. The SMILES string of the molecule is Cc1cc(OCC(=O)Nc2cccc(N3CCCC3=O)c2)ccc1[N+](=O)[O-]. The molecule has 0 aromatic heterocycles. The lowest BCUT2D eigenvalue weighted by molar-refractivity contribution is -0.385. The minimum absolute atomic E-state index is 0.0000707. The summed E-state index contributed by atoms with van der Waals surface area (Å²) in [6.45, 7) is 2.05. The van der Waals surface area contributed by atoms with Gasteiger partial charge in [0.15, 0.2) is 6.61 Å². The molecule has 0 saturated carbocycles. The van der Waals surface area contributed by atoms with Crippen molar-refractivity contribution >= 4 is 28.9 Å². The molecule has 3 rings (SSSR count). The van der Waals surface area contributed by atoms with Crippen molar-refractivity contribution in [2.24, 2.45) is 0 Å². The second-order valence-electron chi connectivity index (χ2n) is 6.24. The standard InChI is InChI=1S/C19H19N3O5/c1-13-10-16(7-8-17(13)22(25)26)27-12-18(23)20-14-4-2-5-15(11-14)21-9-3-6-19(21)24/h2,4-5,7-8,10-11H,3,6,9,12H2,1H3,(H,20,23). The number of nitro benzene ring substituents is 1. The van der Waals surface area contributed by atoms with E-state index in [1.165, 1.54) is 18.2 Å². The molecule has 2 aromatic carbocycles. The lowest BCUT2D eigenvalue weighted by Gasteiger charge is -2.16. The summed E-state index contributed by atoms with van der Waals surface area (Å²) in [7, 11) is 0. The Bertz CT molecular complexity index is 897. The molecule has 0 atom stereocenters. The van der Waals surface area contributed by atoms with Crippen LogP contribution in [0, 0.1) is 17.0 Å². The molecule has 8 nitrogen and oxygen atoms in total. The minimum Gasteiger partial charge on any atom is -0.484 e. The van der Waals surface area contributed by atoms with Crippen molar-refractivity contribution in [2.75, 3.05) is 23.4 Å². The van der Waals surface area contributed by atoms with E-state index in [2.05, 4.69) is 5.32 Å². The fourth-order valence-corrected chi connectivity index (χ4v) is 2.94. The summed E-state index contributed by atoms with van der Waals surface area (Å²) in [5.74, 6) is 0.0934. The van der Waals surface area contributed by atoms with Crippen molar-refractivity contribution in [3.63, 3.8) is 0 Å². The highest BCUT2D eigenvalue weighted by Crippen LogP contribution is 2.25. The van der Waals surface area contributed by atoms with Crippen LogP contribution in [0.2, 0.25) is 0 Å². The van der Waals surface area contributed by atoms with Crippen LogP contribution >= 0.6 is 0 Å². The summed E-state index contributed by atoms with van der Waals surface area (Å²) in [5.41, 5.74) is 1.78. The number of carbonyl (C=O) groups is 2. The first-order valence-electron chi connectivity index (χ1n) is 8.52. The van der Waals surface area contributed by atoms with Crippen LogP contribution in [-0.4, -0.2) is 29.9 Å². The number of ether oxygens (including phenoxy) is 1. The summed E-state index contributed by atoms with van der Waals surface area (Å²) >= 11 is 0. The Morgan fingerprint density at radius 1 is 1.30 bits per heavy atom. The van der Waals surface area contributed by atoms with Gasteiger partial charge in [-0.2, -0.15) is 0 Å². The number of aryl methyl sites for hydroxylation is 1. The molecule has 0 aliphatic carbocycles. The number of rotatable bonds is 6. The fourth-order valence-electron chi connectivity index (χ4n) is 2.94. The highest BCUT2D eigenvalue weighted by molar-refractivity contribution is 5.97. The maximum atomic E-state index is 12.1. The molecule has 140 valence electrons. The van der Waals surface area contributed by atoms with Gasteiger partial charge in [0.1, 0.15) is 5.75 Å². The molecule has 1 saturated heterocycles. The van der Waals surface area contributed by atoms with Crippen LogP contribution < -0.4 is 15.0 Å². The molecule has 1 aliphatic rings. The van der Waals surface area contributed by atoms with Crippen LogP contribution in [0.15, 0.2) is 42.5 Å². The zero-order valence-corrected chi connectivity index (χ0v) is 14.8. The average molecular weight is 369 g/mol. The van der Waals surface area contributed by atoms with E-state index in [0.717, 1.165) is 12.1 Å². The Morgan fingerprint density at radius 3 is 2.78 bits per heavy atom. The van der Waals surface area contributed by atoms with E-state index in [-0.39, 0.29) is 24.1 Å². The molecule has 2 amide bonds. The van der Waals surface area contributed by atoms with Crippen LogP contribution in [0.4, 0.5) is 17.1 Å². The van der Waals surface area contributed by atoms with E-state index >= 15 is 0 Å². The Hall–Kier alpha value is -3.42. The quantitative estimate of drug-likeness (QED) is 0.623. The van der Waals surface area contributed by atoms with Crippen molar-refractivity contribution in [1.29, 1.82) is 0 Å².